The SMILES string of the molecule is CNc1nc(-c2ccsc2)nc2c1CCC2. The van der Waals surface area contributed by atoms with Crippen LogP contribution in [0.4, 0.5) is 5.82 Å². The topological polar surface area (TPSA) is 37.8 Å². The second-order valence-electron chi connectivity index (χ2n) is 3.94. The lowest BCUT2D eigenvalue weighted by atomic mass is 10.2. The zero-order chi connectivity index (χ0) is 11.0. The van der Waals surface area contributed by atoms with Gasteiger partial charge in [-0.15, -0.1) is 0 Å². The maximum Gasteiger partial charge on any atom is 0.162 e. The molecule has 16 heavy (non-hydrogen) atoms. The van der Waals surface area contributed by atoms with Gasteiger partial charge in [-0.3, -0.25) is 0 Å². The van der Waals surface area contributed by atoms with Crippen molar-refractivity contribution >= 4 is 17.2 Å². The Bertz CT molecular complexity index is 505. The molecule has 2 aromatic rings. The van der Waals surface area contributed by atoms with Gasteiger partial charge >= 0.3 is 0 Å². The number of nitrogens with one attached hydrogen (secondary N) is 1. The van der Waals surface area contributed by atoms with Crippen LogP contribution in [0.25, 0.3) is 11.4 Å². The standard InChI is InChI=1S/C12H13N3S/c1-13-12-9-3-2-4-10(9)14-11(15-12)8-5-6-16-7-8/h5-7H,2-4H2,1H3,(H,13,14,15). The minimum atomic E-state index is 0.853. The van der Waals surface area contributed by atoms with Crippen LogP contribution in [0.3, 0.4) is 0 Å². The molecule has 3 rings (SSSR count). The smallest absolute Gasteiger partial charge is 0.162 e. The Balaban J connectivity index is 2.15. The Morgan fingerprint density at radius 1 is 1.31 bits per heavy atom. The summed E-state index contributed by atoms with van der Waals surface area (Å²) < 4.78 is 0. The number of rotatable bonds is 2. The summed E-state index contributed by atoms with van der Waals surface area (Å²) in [4.78, 5) is 9.25. The van der Waals surface area contributed by atoms with Gasteiger partial charge in [0.25, 0.3) is 0 Å². The maximum absolute atomic E-state index is 4.66. The van der Waals surface area contributed by atoms with E-state index in [0.29, 0.717) is 0 Å². The monoisotopic (exact) mass is 231 g/mol. The molecule has 0 fully saturated rings. The minimum Gasteiger partial charge on any atom is -0.373 e. The van der Waals surface area contributed by atoms with Crippen molar-refractivity contribution < 1.29 is 0 Å². The van der Waals surface area contributed by atoms with E-state index in [2.05, 4.69) is 32.1 Å². The minimum absolute atomic E-state index is 0.853. The molecule has 0 aromatic carbocycles. The number of thiophene rings is 1. The lowest BCUT2D eigenvalue weighted by Gasteiger charge is -2.08. The number of anilines is 1. The summed E-state index contributed by atoms with van der Waals surface area (Å²) in [5.74, 6) is 1.86. The van der Waals surface area contributed by atoms with Crippen LogP contribution in [-0.4, -0.2) is 17.0 Å². The molecule has 1 aliphatic carbocycles. The second-order valence-corrected chi connectivity index (χ2v) is 4.72. The van der Waals surface area contributed by atoms with Gasteiger partial charge < -0.3 is 5.32 Å². The fourth-order valence-electron chi connectivity index (χ4n) is 2.16. The quantitative estimate of drug-likeness (QED) is 0.863. The Morgan fingerprint density at radius 2 is 2.25 bits per heavy atom. The molecule has 0 saturated carbocycles. The number of fused-ring (bicyclic) bond motifs is 1. The van der Waals surface area contributed by atoms with Gasteiger partial charge in [0.1, 0.15) is 5.82 Å². The lowest BCUT2D eigenvalue weighted by Crippen LogP contribution is -2.02. The maximum atomic E-state index is 4.66. The van der Waals surface area contributed by atoms with Crippen molar-refractivity contribution in [3.63, 3.8) is 0 Å². The highest BCUT2D eigenvalue weighted by Crippen LogP contribution is 2.29. The number of hydrogen-bond donors (Lipinski definition) is 1. The fraction of sp³-hybridized carbons (Fsp3) is 0.333. The normalized spacial score (nSPS) is 13.8. The third-order valence-electron chi connectivity index (χ3n) is 2.95. The lowest BCUT2D eigenvalue weighted by molar-refractivity contribution is 0.900. The average molecular weight is 231 g/mol. The van der Waals surface area contributed by atoms with E-state index in [0.717, 1.165) is 30.0 Å². The largest absolute Gasteiger partial charge is 0.373 e. The van der Waals surface area contributed by atoms with Crippen LogP contribution >= 0.6 is 11.3 Å². The van der Waals surface area contributed by atoms with E-state index in [9.17, 15) is 0 Å². The molecule has 1 N–H and O–H groups in total. The van der Waals surface area contributed by atoms with E-state index in [-0.39, 0.29) is 0 Å². The molecule has 2 aromatic heterocycles. The van der Waals surface area contributed by atoms with E-state index in [4.69, 9.17) is 0 Å². The molecular formula is C12H13N3S. The van der Waals surface area contributed by atoms with Crippen LogP contribution in [0.15, 0.2) is 16.8 Å². The van der Waals surface area contributed by atoms with Crippen molar-refractivity contribution in [3.05, 3.63) is 28.1 Å². The summed E-state index contributed by atoms with van der Waals surface area (Å²) in [7, 11) is 1.93. The highest BCUT2D eigenvalue weighted by molar-refractivity contribution is 7.08. The van der Waals surface area contributed by atoms with Gasteiger partial charge in [-0.05, 0) is 30.7 Å². The molecule has 0 radical (unpaired) electrons. The third kappa shape index (κ3) is 1.50. The van der Waals surface area contributed by atoms with Crippen LogP contribution in [0.5, 0.6) is 0 Å². The Labute approximate surface area is 98.6 Å². The van der Waals surface area contributed by atoms with Gasteiger partial charge in [-0.1, -0.05) is 0 Å². The van der Waals surface area contributed by atoms with Crippen LogP contribution in [0.2, 0.25) is 0 Å². The third-order valence-corrected chi connectivity index (χ3v) is 3.63. The van der Waals surface area contributed by atoms with E-state index in [1.54, 1.807) is 11.3 Å². The first-order valence-corrected chi connectivity index (χ1v) is 6.43. The van der Waals surface area contributed by atoms with Crippen molar-refractivity contribution in [1.29, 1.82) is 0 Å². The zero-order valence-electron chi connectivity index (χ0n) is 9.16. The molecular weight excluding hydrogens is 218 g/mol. The van der Waals surface area contributed by atoms with E-state index >= 15 is 0 Å². The number of nitrogens with zero attached hydrogens (tertiary/aromatic N) is 2. The molecule has 0 bridgehead atoms. The molecule has 3 nitrogen and oxygen atoms in total. The second kappa shape index (κ2) is 3.87. The van der Waals surface area contributed by atoms with Crippen molar-refractivity contribution in [1.82, 2.24) is 9.97 Å². The first-order chi connectivity index (χ1) is 7.88. The first-order valence-electron chi connectivity index (χ1n) is 5.48. The predicted octanol–water partition coefficient (Wildman–Crippen LogP) is 2.74. The van der Waals surface area contributed by atoms with Crippen LogP contribution in [0.1, 0.15) is 17.7 Å². The molecule has 0 amide bonds. The van der Waals surface area contributed by atoms with Gasteiger partial charge in [-0.2, -0.15) is 11.3 Å². The van der Waals surface area contributed by atoms with Gasteiger partial charge in [0.05, 0.1) is 0 Å². The molecule has 82 valence electrons. The van der Waals surface area contributed by atoms with Crippen LogP contribution in [-0.2, 0) is 12.8 Å². The summed E-state index contributed by atoms with van der Waals surface area (Å²) >= 11 is 1.68. The van der Waals surface area contributed by atoms with Gasteiger partial charge in [0.15, 0.2) is 5.82 Å². The summed E-state index contributed by atoms with van der Waals surface area (Å²) in [5, 5.41) is 7.34. The summed E-state index contributed by atoms with van der Waals surface area (Å²) in [6.07, 6.45) is 3.39. The number of hydrogen-bond acceptors (Lipinski definition) is 4. The highest BCUT2D eigenvalue weighted by atomic mass is 32.1. The van der Waals surface area contributed by atoms with E-state index < -0.39 is 0 Å². The average Bonchev–Trinajstić information content (AvgIpc) is 2.97. The van der Waals surface area contributed by atoms with Crippen molar-refractivity contribution in [3.8, 4) is 11.4 Å². The Hall–Kier alpha value is -1.42. The molecule has 0 saturated heterocycles. The first kappa shape index (κ1) is 9.78. The molecule has 2 heterocycles. The van der Waals surface area contributed by atoms with Crippen molar-refractivity contribution in [2.45, 2.75) is 19.3 Å². The zero-order valence-corrected chi connectivity index (χ0v) is 9.97. The van der Waals surface area contributed by atoms with E-state index in [1.165, 1.54) is 17.7 Å². The highest BCUT2D eigenvalue weighted by Gasteiger charge is 2.19. The predicted molar refractivity (Wildman–Crippen MR) is 66.9 cm³/mol. The summed E-state index contributed by atoms with van der Waals surface area (Å²) in [5.41, 5.74) is 3.65. The molecule has 0 atom stereocenters. The summed E-state index contributed by atoms with van der Waals surface area (Å²) in [6.45, 7) is 0. The number of aryl methyl sites for hydroxylation is 1. The molecule has 0 aliphatic heterocycles. The fourth-order valence-corrected chi connectivity index (χ4v) is 2.79. The Morgan fingerprint density at radius 3 is 3.00 bits per heavy atom. The molecule has 1 aliphatic rings. The molecule has 4 heteroatoms. The van der Waals surface area contributed by atoms with Crippen molar-refractivity contribution in [2.75, 3.05) is 12.4 Å². The molecule has 0 unspecified atom stereocenters. The van der Waals surface area contributed by atoms with Crippen molar-refractivity contribution in [2.24, 2.45) is 0 Å². The van der Waals surface area contributed by atoms with Gasteiger partial charge in [-0.25, -0.2) is 9.97 Å². The van der Waals surface area contributed by atoms with E-state index in [1.807, 2.05) is 7.05 Å². The van der Waals surface area contributed by atoms with Gasteiger partial charge in [0.2, 0.25) is 0 Å². The van der Waals surface area contributed by atoms with Gasteiger partial charge in [0, 0.05) is 29.2 Å². The van der Waals surface area contributed by atoms with Crippen LogP contribution < -0.4 is 5.32 Å². The molecule has 0 spiro atoms. The summed E-state index contributed by atoms with van der Waals surface area (Å²) in [6, 6.07) is 2.07. The Kier molecular flexibility index (Phi) is 2.36. The number of aromatic nitrogens is 2. The van der Waals surface area contributed by atoms with Crippen LogP contribution in [0, 0.1) is 0 Å².